The molecule has 2 aromatic heterocycles. The van der Waals surface area contributed by atoms with Crippen molar-refractivity contribution < 1.29 is 9.47 Å². The Morgan fingerprint density at radius 2 is 2.00 bits per heavy atom. The van der Waals surface area contributed by atoms with Crippen LogP contribution in [0.4, 0.5) is 5.13 Å². The third kappa shape index (κ3) is 3.05. The molecule has 0 aliphatic carbocycles. The highest BCUT2D eigenvalue weighted by Crippen LogP contribution is 2.33. The molecule has 0 spiro atoms. The molecule has 0 N–H and O–H groups in total. The maximum Gasteiger partial charge on any atom is 0.185 e. The van der Waals surface area contributed by atoms with E-state index >= 15 is 0 Å². The number of nitrogens with zero attached hydrogens (tertiary/aromatic N) is 3. The standard InChI is InChI=1S/C20H23N3O2S/c1-13-9-16(17-12-26-20(21-17)22(3)4)14(2)23(13)10-15-11-24-18-7-5-6-8-19(18)25-15/h5-9,12,15H,10-11H2,1-4H3/t15-/m0/s1. The first-order chi connectivity index (χ1) is 12.5. The summed E-state index contributed by atoms with van der Waals surface area (Å²) in [4.78, 5) is 6.79. The van der Waals surface area contributed by atoms with Crippen LogP contribution >= 0.6 is 11.3 Å². The summed E-state index contributed by atoms with van der Waals surface area (Å²) in [5, 5.41) is 3.14. The van der Waals surface area contributed by atoms with Crippen LogP contribution in [0.25, 0.3) is 11.3 Å². The summed E-state index contributed by atoms with van der Waals surface area (Å²) in [5.74, 6) is 1.64. The number of hydrogen-bond acceptors (Lipinski definition) is 5. The van der Waals surface area contributed by atoms with Gasteiger partial charge in [-0.25, -0.2) is 4.98 Å². The smallest absolute Gasteiger partial charge is 0.185 e. The molecule has 0 saturated carbocycles. The van der Waals surface area contributed by atoms with E-state index in [0.29, 0.717) is 6.61 Å². The average Bonchev–Trinajstić information content (AvgIpc) is 3.22. The van der Waals surface area contributed by atoms with Crippen LogP contribution in [0.2, 0.25) is 0 Å². The molecule has 1 aliphatic heterocycles. The van der Waals surface area contributed by atoms with Crippen molar-refractivity contribution in [3.05, 3.63) is 47.1 Å². The number of ether oxygens (including phenoxy) is 2. The Hall–Kier alpha value is -2.47. The molecule has 0 bridgehead atoms. The van der Waals surface area contributed by atoms with Crippen LogP contribution in [0.1, 0.15) is 11.4 Å². The van der Waals surface area contributed by atoms with Crippen LogP contribution in [-0.2, 0) is 6.54 Å². The molecule has 0 unspecified atom stereocenters. The summed E-state index contributed by atoms with van der Waals surface area (Å²) >= 11 is 1.67. The van der Waals surface area contributed by atoms with Gasteiger partial charge in [0.05, 0.1) is 12.2 Å². The fourth-order valence-electron chi connectivity index (χ4n) is 3.29. The molecule has 0 radical (unpaired) electrons. The van der Waals surface area contributed by atoms with Gasteiger partial charge in [0.1, 0.15) is 6.61 Å². The number of benzene rings is 1. The lowest BCUT2D eigenvalue weighted by Crippen LogP contribution is -2.33. The molecule has 136 valence electrons. The Morgan fingerprint density at radius 1 is 1.23 bits per heavy atom. The largest absolute Gasteiger partial charge is 0.486 e. The molecule has 1 aromatic carbocycles. The average molecular weight is 369 g/mol. The number of aryl methyl sites for hydroxylation is 1. The van der Waals surface area contributed by atoms with Crippen molar-refractivity contribution in [3.63, 3.8) is 0 Å². The third-order valence-electron chi connectivity index (χ3n) is 4.68. The van der Waals surface area contributed by atoms with Crippen molar-refractivity contribution in [2.45, 2.75) is 26.5 Å². The van der Waals surface area contributed by atoms with E-state index in [1.165, 1.54) is 17.0 Å². The van der Waals surface area contributed by atoms with Gasteiger partial charge in [0.25, 0.3) is 0 Å². The molecule has 6 heteroatoms. The van der Waals surface area contributed by atoms with Gasteiger partial charge in [-0.2, -0.15) is 0 Å². The maximum absolute atomic E-state index is 6.13. The Labute approximate surface area is 157 Å². The first-order valence-electron chi connectivity index (χ1n) is 8.71. The van der Waals surface area contributed by atoms with E-state index in [2.05, 4.69) is 29.9 Å². The second-order valence-corrected chi connectivity index (χ2v) is 7.64. The zero-order valence-corrected chi connectivity index (χ0v) is 16.3. The Morgan fingerprint density at radius 3 is 2.73 bits per heavy atom. The highest BCUT2D eigenvalue weighted by atomic mass is 32.1. The van der Waals surface area contributed by atoms with Crippen LogP contribution in [0, 0.1) is 13.8 Å². The van der Waals surface area contributed by atoms with Gasteiger partial charge in [-0.05, 0) is 32.0 Å². The van der Waals surface area contributed by atoms with Gasteiger partial charge in [-0.1, -0.05) is 12.1 Å². The summed E-state index contributed by atoms with van der Waals surface area (Å²) < 4.78 is 14.3. The lowest BCUT2D eigenvalue weighted by Gasteiger charge is -2.27. The Bertz CT molecular complexity index is 929. The predicted octanol–water partition coefficient (Wildman–Crippen LogP) is 4.13. The minimum atomic E-state index is -0.00433. The molecule has 26 heavy (non-hydrogen) atoms. The molecule has 0 amide bonds. The molecule has 4 rings (SSSR count). The van der Waals surface area contributed by atoms with Gasteiger partial charge in [0, 0.05) is 36.4 Å². The topological polar surface area (TPSA) is 39.5 Å². The number of anilines is 1. The minimum Gasteiger partial charge on any atom is -0.486 e. The van der Waals surface area contributed by atoms with Crippen LogP contribution in [0.5, 0.6) is 11.5 Å². The van der Waals surface area contributed by atoms with Crippen molar-refractivity contribution in [2.24, 2.45) is 0 Å². The molecule has 0 saturated heterocycles. The summed E-state index contributed by atoms with van der Waals surface area (Å²) in [6.45, 7) is 5.60. The maximum atomic E-state index is 6.13. The zero-order chi connectivity index (χ0) is 18.3. The van der Waals surface area contributed by atoms with E-state index in [-0.39, 0.29) is 6.10 Å². The molecule has 1 atom stereocenters. The SMILES string of the molecule is Cc1cc(-c2csc(N(C)C)n2)c(C)n1C[C@H]1COc2ccccc2O1. The Balaban J connectivity index is 1.57. The van der Waals surface area contributed by atoms with E-state index in [4.69, 9.17) is 14.5 Å². The number of fused-ring (bicyclic) bond motifs is 1. The number of thiazole rings is 1. The number of hydrogen-bond donors (Lipinski definition) is 0. The number of rotatable bonds is 4. The quantitative estimate of drug-likeness (QED) is 0.693. The fraction of sp³-hybridized carbons (Fsp3) is 0.350. The molecule has 3 aromatic rings. The predicted molar refractivity (Wildman–Crippen MR) is 106 cm³/mol. The first kappa shape index (κ1) is 17.0. The zero-order valence-electron chi connectivity index (χ0n) is 15.5. The highest BCUT2D eigenvalue weighted by molar-refractivity contribution is 7.14. The summed E-state index contributed by atoms with van der Waals surface area (Å²) in [6.07, 6.45) is -0.00433. The lowest BCUT2D eigenvalue weighted by atomic mass is 10.2. The van der Waals surface area contributed by atoms with E-state index in [1.807, 2.05) is 43.3 Å². The van der Waals surface area contributed by atoms with Gasteiger partial charge in [-0.3, -0.25) is 0 Å². The van der Waals surface area contributed by atoms with Gasteiger partial charge < -0.3 is 18.9 Å². The van der Waals surface area contributed by atoms with Gasteiger partial charge in [-0.15, -0.1) is 11.3 Å². The monoisotopic (exact) mass is 369 g/mol. The van der Waals surface area contributed by atoms with Crippen molar-refractivity contribution in [1.29, 1.82) is 0 Å². The fourth-order valence-corrected chi connectivity index (χ4v) is 4.05. The van der Waals surface area contributed by atoms with Gasteiger partial charge in [0.15, 0.2) is 22.7 Å². The molecular weight excluding hydrogens is 346 g/mol. The van der Waals surface area contributed by atoms with E-state index in [0.717, 1.165) is 28.9 Å². The van der Waals surface area contributed by atoms with Crippen molar-refractivity contribution in [2.75, 3.05) is 25.6 Å². The highest BCUT2D eigenvalue weighted by Gasteiger charge is 2.23. The minimum absolute atomic E-state index is 0.00433. The molecular formula is C20H23N3O2S. The second-order valence-electron chi connectivity index (χ2n) is 6.80. The lowest BCUT2D eigenvalue weighted by molar-refractivity contribution is 0.0778. The molecule has 0 fully saturated rings. The van der Waals surface area contributed by atoms with Crippen molar-refractivity contribution >= 4 is 16.5 Å². The van der Waals surface area contributed by atoms with Crippen LogP contribution in [0.15, 0.2) is 35.7 Å². The van der Waals surface area contributed by atoms with E-state index in [1.54, 1.807) is 11.3 Å². The van der Waals surface area contributed by atoms with Crippen LogP contribution in [-0.4, -0.2) is 36.4 Å². The van der Waals surface area contributed by atoms with Crippen molar-refractivity contribution in [3.8, 4) is 22.8 Å². The van der Waals surface area contributed by atoms with Gasteiger partial charge in [0.2, 0.25) is 0 Å². The summed E-state index contributed by atoms with van der Waals surface area (Å²) in [5.41, 5.74) is 4.63. The molecule has 1 aliphatic rings. The number of aromatic nitrogens is 2. The normalized spacial score (nSPS) is 15.9. The van der Waals surface area contributed by atoms with E-state index < -0.39 is 0 Å². The van der Waals surface area contributed by atoms with Crippen LogP contribution in [0.3, 0.4) is 0 Å². The van der Waals surface area contributed by atoms with Crippen LogP contribution < -0.4 is 14.4 Å². The van der Waals surface area contributed by atoms with Gasteiger partial charge >= 0.3 is 0 Å². The summed E-state index contributed by atoms with van der Waals surface area (Å²) in [7, 11) is 4.04. The van der Waals surface area contributed by atoms with Crippen molar-refractivity contribution in [1.82, 2.24) is 9.55 Å². The Kier molecular flexibility index (Phi) is 4.36. The molecule has 5 nitrogen and oxygen atoms in total. The summed E-state index contributed by atoms with van der Waals surface area (Å²) in [6, 6.07) is 10.0. The number of para-hydroxylation sites is 2. The first-order valence-corrected chi connectivity index (χ1v) is 9.59. The van der Waals surface area contributed by atoms with E-state index in [9.17, 15) is 0 Å². The second kappa shape index (κ2) is 6.68. The molecule has 3 heterocycles. The third-order valence-corrected chi connectivity index (χ3v) is 5.69.